The minimum absolute atomic E-state index is 0.127. The summed E-state index contributed by atoms with van der Waals surface area (Å²) >= 11 is 0. The fourth-order valence-electron chi connectivity index (χ4n) is 1.97. The Hall–Kier alpha value is -1.63. The van der Waals surface area contributed by atoms with Crippen molar-refractivity contribution in [3.05, 3.63) is 47.5 Å². The first-order valence-corrected chi connectivity index (χ1v) is 5.63. The zero-order chi connectivity index (χ0) is 11.7. The summed E-state index contributed by atoms with van der Waals surface area (Å²) in [6, 6.07) is 12.2. The highest BCUT2D eigenvalue weighted by molar-refractivity contribution is 6.01. The third-order valence-corrected chi connectivity index (χ3v) is 2.95. The molecule has 82 valence electrons. The normalized spacial score (nSPS) is 11.0. The Kier molecular flexibility index (Phi) is 2.78. The van der Waals surface area contributed by atoms with Crippen LogP contribution in [0.25, 0.3) is 11.1 Å². The van der Waals surface area contributed by atoms with Crippen LogP contribution in [0.5, 0.6) is 0 Å². The predicted octanol–water partition coefficient (Wildman–Crippen LogP) is 4.12. The van der Waals surface area contributed by atoms with Crippen molar-refractivity contribution in [1.82, 2.24) is 0 Å². The Balaban J connectivity index is 2.69. The quantitative estimate of drug-likeness (QED) is 0.684. The average Bonchev–Trinajstić information content (AvgIpc) is 2.57. The van der Waals surface area contributed by atoms with E-state index < -0.39 is 0 Å². The zero-order valence-corrected chi connectivity index (χ0v) is 9.95. The zero-order valence-electron chi connectivity index (χ0n) is 9.95. The predicted molar refractivity (Wildman–Crippen MR) is 67.2 cm³/mol. The number of carbonyl (C=O) groups is 1. The van der Waals surface area contributed by atoms with Gasteiger partial charge in [-0.3, -0.25) is 4.79 Å². The highest BCUT2D eigenvalue weighted by Crippen LogP contribution is 2.29. The SMILES string of the molecule is CC(=O)c1ccc(C(C)C)cc2cccc1-2. The molecule has 0 spiro atoms. The second-order valence-electron chi connectivity index (χ2n) is 4.50. The maximum absolute atomic E-state index is 11.6. The van der Waals surface area contributed by atoms with Gasteiger partial charge in [0.2, 0.25) is 0 Å². The molecule has 0 aromatic rings. The van der Waals surface area contributed by atoms with Crippen LogP contribution in [-0.2, 0) is 0 Å². The molecule has 0 fully saturated rings. The Morgan fingerprint density at radius 2 is 1.88 bits per heavy atom. The maximum Gasteiger partial charge on any atom is 0.160 e. The van der Waals surface area contributed by atoms with Crippen molar-refractivity contribution < 1.29 is 4.79 Å². The monoisotopic (exact) mass is 212 g/mol. The van der Waals surface area contributed by atoms with Gasteiger partial charge in [0.05, 0.1) is 0 Å². The third-order valence-electron chi connectivity index (χ3n) is 2.95. The lowest BCUT2D eigenvalue weighted by Crippen LogP contribution is -1.91. The minimum Gasteiger partial charge on any atom is -0.294 e. The van der Waals surface area contributed by atoms with Gasteiger partial charge >= 0.3 is 0 Å². The van der Waals surface area contributed by atoms with Crippen molar-refractivity contribution in [3.63, 3.8) is 0 Å². The Bertz CT molecular complexity index is 497. The van der Waals surface area contributed by atoms with Gasteiger partial charge in [0.15, 0.2) is 5.78 Å². The summed E-state index contributed by atoms with van der Waals surface area (Å²) < 4.78 is 0. The van der Waals surface area contributed by atoms with Crippen LogP contribution in [0.4, 0.5) is 0 Å². The van der Waals surface area contributed by atoms with Crippen LogP contribution >= 0.6 is 0 Å². The highest BCUT2D eigenvalue weighted by atomic mass is 16.1. The Morgan fingerprint density at radius 3 is 2.50 bits per heavy atom. The lowest BCUT2D eigenvalue weighted by molar-refractivity contribution is 0.101. The summed E-state index contributed by atoms with van der Waals surface area (Å²) in [5.74, 6) is 0.604. The molecule has 1 nitrogen and oxygen atoms in total. The summed E-state index contributed by atoms with van der Waals surface area (Å²) in [4.78, 5) is 11.6. The number of hydrogen-bond donors (Lipinski definition) is 0. The number of Topliss-reactive ketones (excluding diaryl/α,β-unsaturated/α-hetero) is 1. The molecule has 0 saturated carbocycles. The topological polar surface area (TPSA) is 17.1 Å². The van der Waals surface area contributed by atoms with Crippen molar-refractivity contribution in [3.8, 4) is 11.1 Å². The van der Waals surface area contributed by atoms with E-state index in [0.29, 0.717) is 5.92 Å². The van der Waals surface area contributed by atoms with Crippen LogP contribution in [0.3, 0.4) is 0 Å². The first-order chi connectivity index (χ1) is 7.59. The molecular weight excluding hydrogens is 196 g/mol. The van der Waals surface area contributed by atoms with Gasteiger partial charge in [-0.05, 0) is 29.5 Å². The van der Waals surface area contributed by atoms with Crippen LogP contribution in [0, 0.1) is 0 Å². The molecule has 1 heteroatoms. The molecule has 0 N–H and O–H groups in total. The number of hydrogen-bond acceptors (Lipinski definition) is 1. The molecule has 0 saturated heterocycles. The van der Waals surface area contributed by atoms with Crippen molar-refractivity contribution in [2.45, 2.75) is 26.7 Å². The number of ketones is 1. The van der Waals surface area contributed by atoms with Crippen LogP contribution < -0.4 is 0 Å². The van der Waals surface area contributed by atoms with E-state index in [1.165, 1.54) is 5.56 Å². The van der Waals surface area contributed by atoms with E-state index in [-0.39, 0.29) is 5.78 Å². The summed E-state index contributed by atoms with van der Waals surface area (Å²) in [5.41, 5.74) is 4.29. The molecule has 2 aliphatic rings. The molecule has 0 radical (unpaired) electrons. The Labute approximate surface area is 96.5 Å². The first-order valence-electron chi connectivity index (χ1n) is 5.63. The van der Waals surface area contributed by atoms with Gasteiger partial charge in [-0.25, -0.2) is 0 Å². The molecular formula is C15H16O. The third kappa shape index (κ3) is 1.85. The molecule has 0 atom stereocenters. The van der Waals surface area contributed by atoms with Crippen LogP contribution in [-0.4, -0.2) is 5.78 Å². The van der Waals surface area contributed by atoms with E-state index in [1.807, 2.05) is 18.2 Å². The molecule has 0 aromatic carbocycles. The smallest absolute Gasteiger partial charge is 0.160 e. The second-order valence-corrected chi connectivity index (χ2v) is 4.50. The van der Waals surface area contributed by atoms with E-state index in [0.717, 1.165) is 16.7 Å². The molecule has 2 rings (SSSR count). The van der Waals surface area contributed by atoms with E-state index in [4.69, 9.17) is 0 Å². The molecule has 0 amide bonds. The first kappa shape index (κ1) is 10.9. The molecule has 0 heterocycles. The van der Waals surface area contributed by atoms with Crippen molar-refractivity contribution in [2.75, 3.05) is 0 Å². The molecule has 2 aliphatic carbocycles. The van der Waals surface area contributed by atoms with E-state index in [9.17, 15) is 4.79 Å². The summed E-state index contributed by atoms with van der Waals surface area (Å²) in [5, 5.41) is 0. The van der Waals surface area contributed by atoms with Gasteiger partial charge in [0.25, 0.3) is 0 Å². The standard InChI is InChI=1S/C15H16O/c1-10(2)12-7-8-14(11(3)16)15-6-4-5-13(15)9-12/h4-10H,1-3H3. The fourth-order valence-corrected chi connectivity index (χ4v) is 1.97. The van der Waals surface area contributed by atoms with Crippen LogP contribution in [0.1, 0.15) is 42.6 Å². The van der Waals surface area contributed by atoms with E-state index in [1.54, 1.807) is 6.92 Å². The number of fused-ring (bicyclic) bond motifs is 1. The van der Waals surface area contributed by atoms with Gasteiger partial charge in [-0.1, -0.05) is 50.2 Å². The molecule has 0 unspecified atom stereocenters. The summed E-state index contributed by atoms with van der Waals surface area (Å²) in [6.07, 6.45) is 0. The lowest BCUT2D eigenvalue weighted by Gasteiger charge is -2.01. The molecule has 0 bridgehead atoms. The van der Waals surface area contributed by atoms with E-state index >= 15 is 0 Å². The van der Waals surface area contributed by atoms with Gasteiger partial charge in [-0.15, -0.1) is 0 Å². The molecule has 0 aromatic heterocycles. The lowest BCUT2D eigenvalue weighted by atomic mass is 10.0. The van der Waals surface area contributed by atoms with Gasteiger partial charge in [0, 0.05) is 5.56 Å². The summed E-state index contributed by atoms with van der Waals surface area (Å²) in [7, 11) is 0. The second kappa shape index (κ2) is 4.09. The Morgan fingerprint density at radius 1 is 1.12 bits per heavy atom. The van der Waals surface area contributed by atoms with E-state index in [2.05, 4.69) is 32.0 Å². The average molecular weight is 212 g/mol. The van der Waals surface area contributed by atoms with Crippen molar-refractivity contribution in [2.24, 2.45) is 0 Å². The molecule has 16 heavy (non-hydrogen) atoms. The van der Waals surface area contributed by atoms with Crippen LogP contribution in [0.2, 0.25) is 0 Å². The fraction of sp³-hybridized carbons (Fsp3) is 0.267. The highest BCUT2D eigenvalue weighted by Gasteiger charge is 2.11. The minimum atomic E-state index is 0.127. The maximum atomic E-state index is 11.6. The van der Waals surface area contributed by atoms with Crippen molar-refractivity contribution >= 4 is 5.78 Å². The molecule has 0 aliphatic heterocycles. The van der Waals surface area contributed by atoms with Gasteiger partial charge < -0.3 is 0 Å². The number of carbonyl (C=O) groups excluding carboxylic acids is 1. The number of rotatable bonds is 2. The van der Waals surface area contributed by atoms with Crippen molar-refractivity contribution in [1.29, 1.82) is 0 Å². The summed E-state index contributed by atoms with van der Waals surface area (Å²) in [6.45, 7) is 5.95. The van der Waals surface area contributed by atoms with Gasteiger partial charge in [-0.2, -0.15) is 0 Å². The van der Waals surface area contributed by atoms with Gasteiger partial charge in [0.1, 0.15) is 0 Å². The largest absolute Gasteiger partial charge is 0.294 e. The van der Waals surface area contributed by atoms with Crippen LogP contribution in [0.15, 0.2) is 36.4 Å².